The van der Waals surface area contributed by atoms with Crippen molar-refractivity contribution < 1.29 is 32.6 Å². The monoisotopic (exact) mass is 677 g/mol. The van der Waals surface area contributed by atoms with Gasteiger partial charge in [-0.25, -0.2) is 23.2 Å². The molecular formula is C31H31N7O7S2. The van der Waals surface area contributed by atoms with Gasteiger partial charge in [0.1, 0.15) is 16.4 Å². The Kier molecular flexibility index (Phi) is 8.92. The van der Waals surface area contributed by atoms with E-state index in [1.54, 1.807) is 23.7 Å². The summed E-state index contributed by atoms with van der Waals surface area (Å²) in [7, 11) is -2.87. The second kappa shape index (κ2) is 13.1. The Bertz CT molecular complexity index is 2070. The van der Waals surface area contributed by atoms with Gasteiger partial charge >= 0.3 is 5.97 Å². The normalized spacial score (nSPS) is 17.0. The fraction of sp³-hybridized carbons (Fsp3) is 0.258. The first-order valence-electron chi connectivity index (χ1n) is 14.5. The van der Waals surface area contributed by atoms with Crippen LogP contribution in [0.4, 0.5) is 11.4 Å². The molecule has 4 N–H and O–H groups in total. The van der Waals surface area contributed by atoms with Crippen LogP contribution in [0, 0.1) is 0 Å². The maximum absolute atomic E-state index is 13.4. The minimum absolute atomic E-state index is 0.00295. The number of carboxylic acids is 1. The highest BCUT2D eigenvalue weighted by molar-refractivity contribution is 7.92. The Morgan fingerprint density at radius 2 is 1.87 bits per heavy atom. The number of aromatic nitrogens is 4. The topological polar surface area (TPSA) is 189 Å². The molecule has 0 bridgehead atoms. The lowest BCUT2D eigenvalue weighted by molar-refractivity contribution is -0.0705. The number of hydrogen-bond donors (Lipinski definition) is 4. The molecule has 14 nitrogen and oxygen atoms in total. The van der Waals surface area contributed by atoms with E-state index in [4.69, 9.17) is 9.47 Å². The number of rotatable bonds is 10. The van der Waals surface area contributed by atoms with Crippen molar-refractivity contribution in [3.8, 4) is 17.0 Å². The molecule has 6 rings (SSSR count). The number of methoxy groups -OCH3 is 1. The predicted octanol–water partition coefficient (Wildman–Crippen LogP) is 4.45. The van der Waals surface area contributed by atoms with Gasteiger partial charge in [-0.2, -0.15) is 5.10 Å². The zero-order chi connectivity index (χ0) is 33.3. The minimum Gasteiger partial charge on any atom is -0.480 e. The summed E-state index contributed by atoms with van der Waals surface area (Å²) in [6.45, 7) is 6.28. The number of morpholine rings is 1. The molecule has 0 radical (unpaired) electrons. The number of pyridine rings is 1. The number of nitrogens with one attached hydrogen (secondary N) is 3. The van der Waals surface area contributed by atoms with E-state index in [1.165, 1.54) is 48.9 Å². The number of ether oxygens (including phenoxy) is 2. The lowest BCUT2D eigenvalue weighted by Crippen LogP contribution is -2.44. The molecule has 0 spiro atoms. The van der Waals surface area contributed by atoms with Crippen molar-refractivity contribution in [3.63, 3.8) is 0 Å². The third-order valence-corrected chi connectivity index (χ3v) is 9.66. The van der Waals surface area contributed by atoms with E-state index >= 15 is 0 Å². The van der Waals surface area contributed by atoms with Crippen LogP contribution in [0.2, 0.25) is 0 Å². The molecule has 2 atom stereocenters. The van der Waals surface area contributed by atoms with Crippen molar-refractivity contribution in [3.05, 3.63) is 76.5 Å². The van der Waals surface area contributed by atoms with E-state index < -0.39 is 16.0 Å². The van der Waals surface area contributed by atoms with Crippen molar-refractivity contribution in [2.24, 2.45) is 0 Å². The first-order chi connectivity index (χ1) is 22.5. The number of fused-ring (bicyclic) bond motifs is 1. The van der Waals surface area contributed by atoms with Crippen LogP contribution >= 0.6 is 11.3 Å². The minimum atomic E-state index is -4.22. The second-order valence-corrected chi connectivity index (χ2v) is 13.7. The van der Waals surface area contributed by atoms with Gasteiger partial charge in [0.25, 0.3) is 15.9 Å². The van der Waals surface area contributed by atoms with Crippen LogP contribution in [0.25, 0.3) is 22.0 Å². The molecule has 1 unspecified atom stereocenters. The summed E-state index contributed by atoms with van der Waals surface area (Å²) in [5, 5.41) is 22.5. The second-order valence-electron chi connectivity index (χ2n) is 11.1. The highest BCUT2D eigenvalue weighted by atomic mass is 32.2. The number of amides is 1. The Hall–Kier alpha value is -4.90. The van der Waals surface area contributed by atoms with Gasteiger partial charge in [0, 0.05) is 35.6 Å². The van der Waals surface area contributed by atoms with Crippen LogP contribution in [0.1, 0.15) is 39.7 Å². The zero-order valence-corrected chi connectivity index (χ0v) is 27.2. The summed E-state index contributed by atoms with van der Waals surface area (Å²) >= 11 is 1.42. The SMILES string of the molecule is COc1ncc(-c2cc(NC(=O)c3csc(CN4CC(C)O[C@@H](C)C4)n3)c3cn[nH]c3c2)cc1NS(=O)(=O)c1cccc(C(=O)O)c1. The average Bonchev–Trinajstić information content (AvgIpc) is 3.70. The molecule has 1 aliphatic heterocycles. The molecular weight excluding hydrogens is 647 g/mol. The van der Waals surface area contributed by atoms with Crippen molar-refractivity contribution in [2.75, 3.05) is 30.2 Å². The number of anilines is 2. The number of aromatic carboxylic acids is 1. The van der Waals surface area contributed by atoms with Gasteiger partial charge < -0.3 is 19.9 Å². The van der Waals surface area contributed by atoms with Gasteiger partial charge in [-0.05, 0) is 55.8 Å². The number of sulfonamides is 1. The van der Waals surface area contributed by atoms with E-state index in [1.807, 2.05) is 13.8 Å². The maximum atomic E-state index is 13.4. The van der Waals surface area contributed by atoms with Crippen molar-refractivity contribution in [1.29, 1.82) is 0 Å². The summed E-state index contributed by atoms with van der Waals surface area (Å²) < 4.78 is 40.0. The molecule has 0 aliphatic carbocycles. The molecule has 4 heterocycles. The zero-order valence-electron chi connectivity index (χ0n) is 25.6. The number of benzene rings is 2. The van der Waals surface area contributed by atoms with Crippen molar-refractivity contribution in [2.45, 2.75) is 37.5 Å². The molecule has 0 saturated carbocycles. The van der Waals surface area contributed by atoms with Crippen LogP contribution < -0.4 is 14.8 Å². The van der Waals surface area contributed by atoms with Crippen molar-refractivity contribution in [1.82, 2.24) is 25.1 Å². The highest BCUT2D eigenvalue weighted by Crippen LogP contribution is 2.34. The van der Waals surface area contributed by atoms with Crippen LogP contribution in [-0.4, -0.2) is 82.9 Å². The quantitative estimate of drug-likeness (QED) is 0.163. The number of aromatic amines is 1. The number of thiazole rings is 1. The maximum Gasteiger partial charge on any atom is 0.335 e. The van der Waals surface area contributed by atoms with Gasteiger partial charge in [0.05, 0.1) is 53.7 Å². The van der Waals surface area contributed by atoms with E-state index in [-0.39, 0.29) is 45.8 Å². The van der Waals surface area contributed by atoms with E-state index in [0.717, 1.165) is 24.2 Å². The summed E-state index contributed by atoms with van der Waals surface area (Å²) in [6, 6.07) is 10.0. The van der Waals surface area contributed by atoms with Gasteiger partial charge in [0.15, 0.2) is 0 Å². The summed E-state index contributed by atoms with van der Waals surface area (Å²) in [5.41, 5.74) is 2.32. The molecule has 244 valence electrons. The van der Waals surface area contributed by atoms with E-state index in [9.17, 15) is 23.1 Å². The lowest BCUT2D eigenvalue weighted by atomic mass is 10.0. The first-order valence-corrected chi connectivity index (χ1v) is 16.9. The number of hydrogen-bond acceptors (Lipinski definition) is 11. The van der Waals surface area contributed by atoms with Gasteiger partial charge in [-0.3, -0.25) is 19.5 Å². The third-order valence-electron chi connectivity index (χ3n) is 7.46. The number of nitrogens with zero attached hydrogens (tertiary/aromatic N) is 4. The van der Waals surface area contributed by atoms with Crippen LogP contribution in [0.15, 0.2) is 65.1 Å². The largest absolute Gasteiger partial charge is 0.480 e. The molecule has 2 aromatic carbocycles. The van der Waals surface area contributed by atoms with Gasteiger partial charge in [-0.15, -0.1) is 11.3 Å². The first kappa shape index (κ1) is 32.1. The van der Waals surface area contributed by atoms with Gasteiger partial charge in [0.2, 0.25) is 5.88 Å². The standard InChI is InChI=1S/C31H31N7O7S2/c1-17-13-38(14-18(2)45-17)15-28-34-27(16-46-28)29(39)35-24-8-20(9-25-23(24)12-33-36-25)21-10-26(30(44-3)32-11-21)37-47(42,43)22-6-4-5-19(7-22)31(40)41/h4-12,16-18,37H,13-15H2,1-3H3,(H,33,36)(H,35,39)(H,40,41)/t17-,18?/m0/s1. The Balaban J connectivity index is 1.26. The average molecular weight is 678 g/mol. The summed E-state index contributed by atoms with van der Waals surface area (Å²) in [6.07, 6.45) is 3.35. The Labute approximate surface area is 273 Å². The molecule has 1 saturated heterocycles. The van der Waals surface area contributed by atoms with Gasteiger partial charge in [-0.1, -0.05) is 6.07 Å². The molecule has 5 aromatic rings. The summed E-state index contributed by atoms with van der Waals surface area (Å²) in [5.74, 6) is -1.64. The molecule has 16 heteroatoms. The van der Waals surface area contributed by atoms with Crippen molar-refractivity contribution >= 4 is 55.5 Å². The highest BCUT2D eigenvalue weighted by Gasteiger charge is 2.24. The van der Waals surface area contributed by atoms with Crippen LogP contribution in [-0.2, 0) is 21.3 Å². The fourth-order valence-electron chi connectivity index (χ4n) is 5.45. The van der Waals surface area contributed by atoms with E-state index in [2.05, 4.69) is 35.1 Å². The Morgan fingerprint density at radius 3 is 2.62 bits per heavy atom. The van der Waals surface area contributed by atoms with Crippen LogP contribution in [0.3, 0.4) is 0 Å². The number of carbonyl (C=O) groups is 2. The third kappa shape index (κ3) is 7.10. The molecule has 1 amide bonds. The molecule has 3 aromatic heterocycles. The summed E-state index contributed by atoms with van der Waals surface area (Å²) in [4.78, 5) is 35.6. The fourth-order valence-corrected chi connectivity index (χ4v) is 7.36. The number of carbonyl (C=O) groups excluding carboxylic acids is 1. The number of H-pyrrole nitrogens is 1. The smallest absolute Gasteiger partial charge is 0.335 e. The van der Waals surface area contributed by atoms with Crippen LogP contribution in [0.5, 0.6) is 5.88 Å². The van der Waals surface area contributed by atoms with E-state index in [0.29, 0.717) is 34.3 Å². The predicted molar refractivity (Wildman–Crippen MR) is 175 cm³/mol. The number of carboxylic acid groups (broad SMARTS) is 1. The Morgan fingerprint density at radius 1 is 1.11 bits per heavy atom. The molecule has 1 aliphatic rings. The molecule has 47 heavy (non-hydrogen) atoms. The lowest BCUT2D eigenvalue weighted by Gasteiger charge is -2.34. The molecule has 1 fully saturated rings.